The molecule has 0 atom stereocenters. The van der Waals surface area contributed by atoms with E-state index in [1.165, 1.54) is 0 Å². The maximum atomic E-state index is 8.34. The van der Waals surface area contributed by atoms with Crippen LogP contribution in [-0.2, 0) is 0 Å². The zero-order valence-corrected chi connectivity index (χ0v) is 6.19. The number of hydrogen-bond donors (Lipinski definition) is 4. The quantitative estimate of drug-likeness (QED) is 0.358. The van der Waals surface area contributed by atoms with Gasteiger partial charge in [-0.2, -0.15) is 0 Å². The van der Waals surface area contributed by atoms with Gasteiger partial charge < -0.3 is 20.3 Å². The van der Waals surface area contributed by atoms with Crippen molar-refractivity contribution in [1.29, 1.82) is 0 Å². The van der Waals surface area contributed by atoms with Crippen molar-refractivity contribution in [1.82, 2.24) is 4.90 Å². The van der Waals surface area contributed by atoms with E-state index in [4.69, 9.17) is 15.4 Å². The van der Waals surface area contributed by atoms with Gasteiger partial charge in [0.25, 0.3) is 0 Å². The Morgan fingerprint density at radius 3 is 1.60 bits per heavy atom. The van der Waals surface area contributed by atoms with Gasteiger partial charge in [0.2, 0.25) is 0 Å². The first-order valence-electron chi connectivity index (χ1n) is 2.97. The van der Waals surface area contributed by atoms with E-state index in [1.54, 1.807) is 0 Å². The van der Waals surface area contributed by atoms with Crippen molar-refractivity contribution < 1.29 is 15.4 Å². The minimum atomic E-state index is 0.163. The molecule has 0 aliphatic rings. The summed E-state index contributed by atoms with van der Waals surface area (Å²) in [6.07, 6.45) is 0. The molecule has 5 nitrogen and oxygen atoms in total. The second-order valence-electron chi connectivity index (χ2n) is 1.75. The summed E-state index contributed by atoms with van der Waals surface area (Å²) < 4.78 is 0. The molecule has 64 valence electrons. The number of nitrogens with zero attached hydrogens (tertiary/aromatic N) is 1. The molecule has 0 rings (SSSR count). The van der Waals surface area contributed by atoms with Gasteiger partial charge in [0.1, 0.15) is 0 Å². The Labute approximate surface area is 60.6 Å². The molecule has 0 aliphatic heterocycles. The van der Waals surface area contributed by atoms with Crippen molar-refractivity contribution in [3.8, 4) is 0 Å². The van der Waals surface area contributed by atoms with E-state index in [0.717, 1.165) is 0 Å². The van der Waals surface area contributed by atoms with Crippen molar-refractivity contribution in [2.45, 2.75) is 0 Å². The Morgan fingerprint density at radius 2 is 1.40 bits per heavy atom. The van der Waals surface area contributed by atoms with Crippen LogP contribution in [0.2, 0.25) is 0 Å². The average molecular weight is 152 g/mol. The number of likely N-dealkylation sites (N-methyl/N-ethyl adjacent to an activating group) is 1. The van der Waals surface area contributed by atoms with Gasteiger partial charge in [-0.1, -0.05) is 0 Å². The Kier molecular flexibility index (Phi) is 14.4. The second kappa shape index (κ2) is 11.6. The van der Waals surface area contributed by atoms with Crippen LogP contribution in [0, 0.1) is 0 Å². The molecular weight excluding hydrogens is 136 g/mol. The highest BCUT2D eigenvalue weighted by Gasteiger charge is 1.91. The van der Waals surface area contributed by atoms with Crippen LogP contribution in [0.1, 0.15) is 0 Å². The van der Waals surface area contributed by atoms with E-state index < -0.39 is 0 Å². The fourth-order valence-corrected chi connectivity index (χ4v) is 0.453. The summed E-state index contributed by atoms with van der Waals surface area (Å²) in [7, 11) is 1.85. The number of rotatable bonds is 4. The molecule has 0 aromatic rings. The number of aliphatic hydroxyl groups is 2. The Bertz CT molecular complexity index is 48.2. The summed E-state index contributed by atoms with van der Waals surface area (Å²) in [5, 5.41) is 23.2. The third kappa shape index (κ3) is 10.7. The molecule has 0 heterocycles. The smallest absolute Gasteiger partial charge is 0.0558 e. The minimum absolute atomic E-state index is 0.163. The monoisotopic (exact) mass is 152 g/mol. The molecule has 0 aliphatic carbocycles. The fraction of sp³-hybridized carbons (Fsp3) is 1.00. The zero-order valence-electron chi connectivity index (χ0n) is 6.19. The van der Waals surface area contributed by atoms with Crippen molar-refractivity contribution in [3.63, 3.8) is 0 Å². The molecular formula is C5H16N2O3. The van der Waals surface area contributed by atoms with Gasteiger partial charge in [-0.05, 0) is 7.05 Å². The van der Waals surface area contributed by atoms with Crippen molar-refractivity contribution in [3.05, 3.63) is 0 Å². The standard InChI is InChI=1S/C5H13NO2.H3NO/c1-6(2-4-7)3-5-8;1-2/h7-8H,2-5H2,1H3;2H,1H2. The van der Waals surface area contributed by atoms with Crippen molar-refractivity contribution in [2.24, 2.45) is 5.90 Å². The molecule has 0 unspecified atom stereocenters. The summed E-state index contributed by atoms with van der Waals surface area (Å²) in [6.45, 7) is 1.61. The molecule has 0 saturated heterocycles. The van der Waals surface area contributed by atoms with Crippen LogP contribution in [0.25, 0.3) is 0 Å². The second-order valence-corrected chi connectivity index (χ2v) is 1.75. The Balaban J connectivity index is 0. The van der Waals surface area contributed by atoms with Crippen LogP contribution in [0.4, 0.5) is 0 Å². The predicted octanol–water partition coefficient (Wildman–Crippen LogP) is -1.76. The van der Waals surface area contributed by atoms with Crippen molar-refractivity contribution >= 4 is 0 Å². The molecule has 0 aromatic carbocycles. The first-order valence-corrected chi connectivity index (χ1v) is 2.97. The molecule has 5 N–H and O–H groups in total. The molecule has 10 heavy (non-hydrogen) atoms. The first-order chi connectivity index (χ1) is 4.81. The van der Waals surface area contributed by atoms with Crippen molar-refractivity contribution in [2.75, 3.05) is 33.4 Å². The molecule has 0 fully saturated rings. The first kappa shape index (κ1) is 12.5. The highest BCUT2D eigenvalue weighted by atomic mass is 16.4. The topological polar surface area (TPSA) is 90.0 Å². The molecule has 0 bridgehead atoms. The Hall–Kier alpha value is -0.200. The number of aliphatic hydroxyl groups excluding tert-OH is 2. The normalized spacial score (nSPS) is 9.00. The Morgan fingerprint density at radius 1 is 1.10 bits per heavy atom. The number of hydrogen-bond acceptors (Lipinski definition) is 5. The van der Waals surface area contributed by atoms with Crippen LogP contribution < -0.4 is 5.90 Å². The van der Waals surface area contributed by atoms with E-state index in [2.05, 4.69) is 5.90 Å². The van der Waals surface area contributed by atoms with Crippen LogP contribution in [0.5, 0.6) is 0 Å². The van der Waals surface area contributed by atoms with E-state index in [9.17, 15) is 0 Å². The SMILES string of the molecule is CN(CCO)CCO.NO. The van der Waals surface area contributed by atoms with Crippen LogP contribution in [0.3, 0.4) is 0 Å². The highest BCUT2D eigenvalue weighted by Crippen LogP contribution is 1.76. The van der Waals surface area contributed by atoms with Gasteiger partial charge in [0, 0.05) is 13.1 Å². The van der Waals surface area contributed by atoms with Crippen LogP contribution >= 0.6 is 0 Å². The van der Waals surface area contributed by atoms with Gasteiger partial charge in [-0.15, -0.1) is 0 Å². The zero-order chi connectivity index (χ0) is 8.41. The number of nitrogens with two attached hydrogens (primary N) is 1. The molecule has 0 radical (unpaired) electrons. The van der Waals surface area contributed by atoms with Gasteiger partial charge in [-0.3, -0.25) is 0 Å². The predicted molar refractivity (Wildman–Crippen MR) is 37.6 cm³/mol. The van der Waals surface area contributed by atoms with Gasteiger partial charge >= 0.3 is 0 Å². The third-order valence-corrected chi connectivity index (χ3v) is 0.963. The van der Waals surface area contributed by atoms with Gasteiger partial charge in [0.15, 0.2) is 0 Å². The average Bonchev–Trinajstić information content (AvgIpc) is 1.93. The molecule has 5 heteroatoms. The van der Waals surface area contributed by atoms with E-state index in [1.807, 2.05) is 11.9 Å². The maximum Gasteiger partial charge on any atom is 0.0558 e. The molecule has 0 amide bonds. The van der Waals surface area contributed by atoms with Gasteiger partial charge in [0.05, 0.1) is 13.2 Å². The fourth-order valence-electron chi connectivity index (χ4n) is 0.453. The lowest BCUT2D eigenvalue weighted by atomic mass is 10.5. The lowest BCUT2D eigenvalue weighted by Crippen LogP contribution is -2.25. The maximum absolute atomic E-state index is 8.34. The lowest BCUT2D eigenvalue weighted by molar-refractivity contribution is 0.184. The molecule has 0 saturated carbocycles. The largest absolute Gasteiger partial charge is 0.395 e. The summed E-state index contributed by atoms with van der Waals surface area (Å²) in [5.41, 5.74) is 0. The molecule has 0 spiro atoms. The summed E-state index contributed by atoms with van der Waals surface area (Å²) >= 11 is 0. The third-order valence-electron chi connectivity index (χ3n) is 0.963. The minimum Gasteiger partial charge on any atom is -0.395 e. The van der Waals surface area contributed by atoms with Gasteiger partial charge in [-0.25, -0.2) is 5.90 Å². The van der Waals surface area contributed by atoms with Crippen LogP contribution in [-0.4, -0.2) is 53.7 Å². The van der Waals surface area contributed by atoms with E-state index in [0.29, 0.717) is 13.1 Å². The summed E-state index contributed by atoms with van der Waals surface area (Å²) in [4.78, 5) is 1.86. The van der Waals surface area contributed by atoms with E-state index >= 15 is 0 Å². The summed E-state index contributed by atoms with van der Waals surface area (Å²) in [6, 6.07) is 0. The molecule has 0 aromatic heterocycles. The summed E-state index contributed by atoms with van der Waals surface area (Å²) in [5.74, 6) is 3.50. The lowest BCUT2D eigenvalue weighted by Gasteiger charge is -2.11. The van der Waals surface area contributed by atoms with Crippen LogP contribution in [0.15, 0.2) is 0 Å². The highest BCUT2D eigenvalue weighted by molar-refractivity contribution is 4.45. The van der Waals surface area contributed by atoms with E-state index in [-0.39, 0.29) is 13.2 Å².